The minimum Gasteiger partial charge on any atom is -0.508 e. The number of aromatic nitrogens is 3. The van der Waals surface area contributed by atoms with Gasteiger partial charge in [0.05, 0.1) is 5.75 Å². The zero-order valence-corrected chi connectivity index (χ0v) is 12.2. The van der Waals surface area contributed by atoms with E-state index in [0.717, 1.165) is 9.90 Å². The summed E-state index contributed by atoms with van der Waals surface area (Å²) in [7, 11) is 0. The fourth-order valence-corrected chi connectivity index (χ4v) is 3.62. The summed E-state index contributed by atoms with van der Waals surface area (Å²) in [5.74, 6) is 0.878. The Labute approximate surface area is 122 Å². The first-order valence-electron chi connectivity index (χ1n) is 5.90. The zero-order chi connectivity index (χ0) is 14.1. The van der Waals surface area contributed by atoms with Crippen LogP contribution in [0, 0.1) is 6.92 Å². The van der Waals surface area contributed by atoms with E-state index in [2.05, 4.69) is 10.1 Å². The Balaban J connectivity index is 1.85. The van der Waals surface area contributed by atoms with E-state index in [4.69, 9.17) is 0 Å². The number of aromatic hydroxyl groups is 1. The smallest absolute Gasteiger partial charge is 0.275 e. The summed E-state index contributed by atoms with van der Waals surface area (Å²) in [4.78, 5) is 17.6. The number of phenolic OH excluding ortho intramolecular Hbond substituents is 1. The first kappa shape index (κ1) is 13.1. The van der Waals surface area contributed by atoms with E-state index < -0.39 is 0 Å². The molecular weight excluding hydrogens is 294 g/mol. The summed E-state index contributed by atoms with van der Waals surface area (Å²) in [5.41, 5.74) is 0.545. The van der Waals surface area contributed by atoms with Gasteiger partial charge < -0.3 is 5.11 Å². The number of benzene rings is 1. The Morgan fingerprint density at radius 2 is 2.25 bits per heavy atom. The fraction of sp³-hybridized carbons (Fsp3) is 0.154. The van der Waals surface area contributed by atoms with E-state index in [1.807, 2.05) is 6.07 Å². The van der Waals surface area contributed by atoms with Crippen molar-refractivity contribution >= 4 is 28.1 Å². The van der Waals surface area contributed by atoms with E-state index in [-0.39, 0.29) is 11.3 Å². The van der Waals surface area contributed by atoms with Gasteiger partial charge in [-0.05, 0) is 25.1 Å². The lowest BCUT2D eigenvalue weighted by Gasteiger charge is -1.98. The minimum atomic E-state index is -0.155. The second-order valence-electron chi connectivity index (χ2n) is 4.21. The summed E-state index contributed by atoms with van der Waals surface area (Å²) in [5, 5.41) is 14.5. The number of aryl methyl sites for hydroxylation is 1. The van der Waals surface area contributed by atoms with Crippen LogP contribution in [-0.2, 0) is 5.75 Å². The predicted molar refractivity (Wildman–Crippen MR) is 79.5 cm³/mol. The van der Waals surface area contributed by atoms with Crippen LogP contribution in [0.2, 0.25) is 0 Å². The van der Waals surface area contributed by atoms with Gasteiger partial charge in [-0.3, -0.25) is 4.79 Å². The van der Waals surface area contributed by atoms with Gasteiger partial charge >= 0.3 is 0 Å². The van der Waals surface area contributed by atoms with Crippen LogP contribution in [0.25, 0.3) is 4.96 Å². The molecule has 0 aliphatic heterocycles. The number of hydrogen-bond donors (Lipinski definition) is 1. The summed E-state index contributed by atoms with van der Waals surface area (Å²) in [6.45, 7) is 1.79. The molecule has 0 bridgehead atoms. The molecule has 7 heteroatoms. The molecule has 0 fully saturated rings. The van der Waals surface area contributed by atoms with Crippen LogP contribution in [0.3, 0.4) is 0 Å². The number of nitrogens with zero attached hydrogens (tertiary/aromatic N) is 3. The van der Waals surface area contributed by atoms with Gasteiger partial charge in [-0.25, -0.2) is 4.98 Å². The second kappa shape index (κ2) is 5.26. The maximum absolute atomic E-state index is 11.8. The van der Waals surface area contributed by atoms with Gasteiger partial charge in [-0.15, -0.1) is 11.8 Å². The molecule has 0 aliphatic rings. The number of phenols is 1. The van der Waals surface area contributed by atoms with Gasteiger partial charge in [0.1, 0.15) is 10.8 Å². The van der Waals surface area contributed by atoms with Crippen molar-refractivity contribution in [2.24, 2.45) is 0 Å². The third-order valence-electron chi connectivity index (χ3n) is 2.59. The Hall–Kier alpha value is -1.86. The van der Waals surface area contributed by atoms with Crippen LogP contribution in [-0.4, -0.2) is 19.7 Å². The molecule has 0 saturated heterocycles. The van der Waals surface area contributed by atoms with E-state index in [1.165, 1.54) is 21.9 Å². The van der Waals surface area contributed by atoms with Crippen molar-refractivity contribution < 1.29 is 5.11 Å². The normalized spacial score (nSPS) is 11.1. The molecule has 5 nitrogen and oxygen atoms in total. The fourth-order valence-electron chi connectivity index (χ4n) is 1.74. The molecule has 0 aliphatic carbocycles. The molecule has 0 amide bonds. The van der Waals surface area contributed by atoms with Gasteiger partial charge in [-0.1, -0.05) is 17.4 Å². The maximum atomic E-state index is 11.8. The van der Waals surface area contributed by atoms with Crippen LogP contribution >= 0.6 is 23.1 Å². The first-order chi connectivity index (χ1) is 9.61. The highest BCUT2D eigenvalue weighted by Crippen LogP contribution is 2.26. The van der Waals surface area contributed by atoms with Crippen molar-refractivity contribution in [1.82, 2.24) is 14.6 Å². The number of fused-ring (bicyclic) bond motifs is 1. The lowest BCUT2D eigenvalue weighted by atomic mass is 10.3. The molecule has 1 aromatic carbocycles. The van der Waals surface area contributed by atoms with Crippen molar-refractivity contribution in [2.45, 2.75) is 17.6 Å². The molecule has 1 N–H and O–H groups in total. The van der Waals surface area contributed by atoms with Gasteiger partial charge in [0.15, 0.2) is 0 Å². The number of hydrogen-bond acceptors (Lipinski definition) is 6. The molecule has 2 aromatic heterocycles. The molecule has 0 radical (unpaired) electrons. The van der Waals surface area contributed by atoms with Crippen molar-refractivity contribution in [1.29, 1.82) is 0 Å². The van der Waals surface area contributed by atoms with Crippen molar-refractivity contribution in [3.63, 3.8) is 0 Å². The summed E-state index contributed by atoms with van der Waals surface area (Å²) in [6, 6.07) is 8.52. The second-order valence-corrected chi connectivity index (χ2v) is 6.30. The monoisotopic (exact) mass is 305 g/mol. The van der Waals surface area contributed by atoms with Crippen molar-refractivity contribution in [2.75, 3.05) is 0 Å². The van der Waals surface area contributed by atoms with Crippen LogP contribution in [0.1, 0.15) is 10.7 Å². The van der Waals surface area contributed by atoms with Crippen molar-refractivity contribution in [3.05, 3.63) is 51.4 Å². The van der Waals surface area contributed by atoms with Gasteiger partial charge in [0, 0.05) is 16.7 Å². The molecule has 3 rings (SSSR count). The molecule has 20 heavy (non-hydrogen) atoms. The molecular formula is C13H11N3O2S2. The molecule has 0 unspecified atom stereocenters. The molecule has 0 spiro atoms. The SMILES string of the molecule is Cc1cc(=O)n2nc(CSc3cccc(O)c3)sc2n1. The Morgan fingerprint density at radius 3 is 3.05 bits per heavy atom. The Morgan fingerprint density at radius 1 is 1.40 bits per heavy atom. The van der Waals surface area contributed by atoms with E-state index >= 15 is 0 Å². The molecule has 3 aromatic rings. The quantitative estimate of drug-likeness (QED) is 0.753. The lowest BCUT2D eigenvalue weighted by molar-refractivity contribution is 0.474. The molecule has 0 atom stereocenters. The van der Waals surface area contributed by atoms with Crippen LogP contribution in [0.15, 0.2) is 40.0 Å². The zero-order valence-electron chi connectivity index (χ0n) is 10.6. The third-order valence-corrected chi connectivity index (χ3v) is 4.69. The average Bonchev–Trinajstić information content (AvgIpc) is 2.80. The standard InChI is InChI=1S/C13H11N3O2S2/c1-8-5-12(18)16-13(14-8)20-11(15-16)7-19-10-4-2-3-9(17)6-10/h2-6,17H,7H2,1H3. The molecule has 0 saturated carbocycles. The Bertz CT molecular complexity index is 826. The summed E-state index contributed by atoms with van der Waals surface area (Å²) in [6.07, 6.45) is 0. The summed E-state index contributed by atoms with van der Waals surface area (Å²) >= 11 is 2.96. The average molecular weight is 305 g/mol. The van der Waals surface area contributed by atoms with E-state index in [9.17, 15) is 9.90 Å². The van der Waals surface area contributed by atoms with Gasteiger partial charge in [0.25, 0.3) is 5.56 Å². The first-order valence-corrected chi connectivity index (χ1v) is 7.70. The third kappa shape index (κ3) is 2.68. The highest BCUT2D eigenvalue weighted by molar-refractivity contribution is 7.98. The van der Waals surface area contributed by atoms with Crippen LogP contribution in [0.5, 0.6) is 5.75 Å². The molecule has 102 valence electrons. The Kier molecular flexibility index (Phi) is 3.45. The van der Waals surface area contributed by atoms with E-state index in [1.54, 1.807) is 36.9 Å². The largest absolute Gasteiger partial charge is 0.508 e. The topological polar surface area (TPSA) is 67.5 Å². The highest BCUT2D eigenvalue weighted by atomic mass is 32.2. The highest BCUT2D eigenvalue weighted by Gasteiger charge is 2.08. The number of rotatable bonds is 3. The van der Waals surface area contributed by atoms with Gasteiger partial charge in [0.2, 0.25) is 4.96 Å². The minimum absolute atomic E-state index is 0.155. The van der Waals surface area contributed by atoms with Crippen LogP contribution in [0.4, 0.5) is 0 Å². The van der Waals surface area contributed by atoms with Crippen LogP contribution < -0.4 is 5.56 Å². The van der Waals surface area contributed by atoms with Gasteiger partial charge in [-0.2, -0.15) is 9.61 Å². The number of thioether (sulfide) groups is 1. The van der Waals surface area contributed by atoms with Crippen molar-refractivity contribution in [3.8, 4) is 5.75 Å². The van der Waals surface area contributed by atoms with E-state index in [0.29, 0.717) is 16.4 Å². The molecule has 2 heterocycles. The maximum Gasteiger partial charge on any atom is 0.275 e. The lowest BCUT2D eigenvalue weighted by Crippen LogP contribution is -2.14. The predicted octanol–water partition coefficient (Wildman–Crippen LogP) is 2.46. The summed E-state index contributed by atoms with van der Waals surface area (Å²) < 4.78 is 1.33.